The lowest BCUT2D eigenvalue weighted by atomic mass is 10.0. The van der Waals surface area contributed by atoms with Gasteiger partial charge in [0.1, 0.15) is 5.75 Å². The molecule has 1 aromatic carbocycles. The molecule has 2 atom stereocenters. The van der Waals surface area contributed by atoms with Gasteiger partial charge in [-0.05, 0) is 31.2 Å². The van der Waals surface area contributed by atoms with E-state index in [1.54, 1.807) is 14.0 Å². The van der Waals surface area contributed by atoms with Crippen LogP contribution in [0.4, 0.5) is 0 Å². The maximum Gasteiger partial charge on any atom is 0.151 e. The minimum absolute atomic E-state index is 0.198. The molecule has 0 aliphatic rings. The van der Waals surface area contributed by atoms with E-state index in [0.29, 0.717) is 0 Å². The summed E-state index contributed by atoms with van der Waals surface area (Å²) in [4.78, 5) is 0. The van der Waals surface area contributed by atoms with Crippen molar-refractivity contribution in [2.45, 2.75) is 25.1 Å². The SMILES string of the molecule is CCNC(c1ccc(OC)cc1)C(C)S(C)(=O)=O. The Morgan fingerprint density at radius 1 is 1.28 bits per heavy atom. The largest absolute Gasteiger partial charge is 0.497 e. The van der Waals surface area contributed by atoms with Gasteiger partial charge in [0.2, 0.25) is 0 Å². The van der Waals surface area contributed by atoms with Crippen LogP contribution in [0, 0.1) is 0 Å². The van der Waals surface area contributed by atoms with E-state index in [-0.39, 0.29) is 6.04 Å². The van der Waals surface area contributed by atoms with Crippen molar-refractivity contribution in [1.29, 1.82) is 0 Å². The van der Waals surface area contributed by atoms with Gasteiger partial charge in [0.25, 0.3) is 0 Å². The molecular weight excluding hydrogens is 250 g/mol. The van der Waals surface area contributed by atoms with E-state index in [1.807, 2.05) is 31.2 Å². The van der Waals surface area contributed by atoms with E-state index in [1.165, 1.54) is 6.26 Å². The molecular formula is C13H21NO3S. The monoisotopic (exact) mass is 271 g/mol. The van der Waals surface area contributed by atoms with E-state index >= 15 is 0 Å². The Kier molecular flexibility index (Phi) is 5.16. The first-order chi connectivity index (χ1) is 8.40. The highest BCUT2D eigenvalue weighted by molar-refractivity contribution is 7.91. The van der Waals surface area contributed by atoms with Crippen molar-refractivity contribution in [1.82, 2.24) is 5.32 Å². The fourth-order valence-corrected chi connectivity index (χ4v) is 2.58. The van der Waals surface area contributed by atoms with Crippen LogP contribution in [-0.2, 0) is 9.84 Å². The van der Waals surface area contributed by atoms with E-state index < -0.39 is 15.1 Å². The number of nitrogens with one attached hydrogen (secondary N) is 1. The first-order valence-corrected chi connectivity index (χ1v) is 7.91. The number of benzene rings is 1. The first kappa shape index (κ1) is 15.0. The zero-order chi connectivity index (χ0) is 13.8. The predicted octanol–water partition coefficient (Wildman–Crippen LogP) is 1.78. The van der Waals surface area contributed by atoms with Crippen molar-refractivity contribution < 1.29 is 13.2 Å². The van der Waals surface area contributed by atoms with Crippen LogP contribution in [0.5, 0.6) is 5.75 Å². The fourth-order valence-electron chi connectivity index (χ4n) is 1.83. The lowest BCUT2D eigenvalue weighted by Crippen LogP contribution is -2.34. The molecule has 0 fully saturated rings. The topological polar surface area (TPSA) is 55.4 Å². The molecule has 0 saturated carbocycles. The molecule has 1 N–H and O–H groups in total. The van der Waals surface area contributed by atoms with Crippen molar-refractivity contribution in [3.8, 4) is 5.75 Å². The summed E-state index contributed by atoms with van der Waals surface area (Å²) in [6, 6.07) is 7.28. The summed E-state index contributed by atoms with van der Waals surface area (Å²) in [6.07, 6.45) is 1.27. The predicted molar refractivity (Wildman–Crippen MR) is 73.7 cm³/mol. The Morgan fingerprint density at radius 3 is 2.22 bits per heavy atom. The summed E-state index contributed by atoms with van der Waals surface area (Å²) in [5.41, 5.74) is 0.954. The van der Waals surface area contributed by atoms with E-state index in [0.717, 1.165) is 17.9 Å². The third-order valence-corrected chi connectivity index (χ3v) is 4.67. The average molecular weight is 271 g/mol. The normalized spacial score (nSPS) is 15.1. The zero-order valence-electron chi connectivity index (χ0n) is 11.3. The number of methoxy groups -OCH3 is 1. The second-order valence-electron chi connectivity index (χ2n) is 4.34. The Balaban J connectivity index is 3.03. The maximum absolute atomic E-state index is 11.7. The highest BCUT2D eigenvalue weighted by Crippen LogP contribution is 2.23. The van der Waals surface area contributed by atoms with Gasteiger partial charge < -0.3 is 10.1 Å². The Labute approximate surface area is 109 Å². The average Bonchev–Trinajstić information content (AvgIpc) is 2.34. The molecule has 0 aromatic heterocycles. The molecule has 102 valence electrons. The van der Waals surface area contributed by atoms with Crippen molar-refractivity contribution in [2.24, 2.45) is 0 Å². The van der Waals surface area contributed by atoms with Gasteiger partial charge in [-0.1, -0.05) is 19.1 Å². The summed E-state index contributed by atoms with van der Waals surface area (Å²) in [7, 11) is -1.47. The summed E-state index contributed by atoms with van der Waals surface area (Å²) in [5, 5.41) is 2.76. The molecule has 4 nitrogen and oxygen atoms in total. The molecule has 0 radical (unpaired) electrons. The lowest BCUT2D eigenvalue weighted by Gasteiger charge is -2.24. The number of rotatable bonds is 6. The number of sulfone groups is 1. The van der Waals surface area contributed by atoms with Crippen molar-refractivity contribution >= 4 is 9.84 Å². The Bertz CT molecular complexity index is 468. The summed E-state index contributed by atoms with van der Waals surface area (Å²) >= 11 is 0. The molecule has 1 rings (SSSR count). The fraction of sp³-hybridized carbons (Fsp3) is 0.538. The molecule has 1 aromatic rings. The molecule has 18 heavy (non-hydrogen) atoms. The van der Waals surface area contributed by atoms with Gasteiger partial charge in [-0.2, -0.15) is 0 Å². The quantitative estimate of drug-likeness (QED) is 0.857. The van der Waals surface area contributed by atoms with Crippen LogP contribution >= 0.6 is 0 Å². The Hall–Kier alpha value is -1.07. The van der Waals surface area contributed by atoms with Crippen LogP contribution < -0.4 is 10.1 Å². The van der Waals surface area contributed by atoms with Crippen molar-refractivity contribution in [2.75, 3.05) is 19.9 Å². The van der Waals surface area contributed by atoms with Crippen LogP contribution in [0.25, 0.3) is 0 Å². The van der Waals surface area contributed by atoms with Gasteiger partial charge in [-0.15, -0.1) is 0 Å². The van der Waals surface area contributed by atoms with Crippen molar-refractivity contribution in [3.05, 3.63) is 29.8 Å². The second-order valence-corrected chi connectivity index (χ2v) is 6.75. The molecule has 0 saturated heterocycles. The summed E-state index contributed by atoms with van der Waals surface area (Å²) in [6.45, 7) is 4.41. The van der Waals surface area contributed by atoms with Crippen LogP contribution in [0.15, 0.2) is 24.3 Å². The van der Waals surface area contributed by atoms with E-state index in [2.05, 4.69) is 5.32 Å². The van der Waals surface area contributed by atoms with Crippen LogP contribution in [-0.4, -0.2) is 33.6 Å². The standard InChI is InChI=1S/C13H21NO3S/c1-5-14-13(10(2)18(4,15)16)11-6-8-12(17-3)9-7-11/h6-10,13-14H,5H2,1-4H3. The molecule has 0 bridgehead atoms. The number of hydrogen-bond donors (Lipinski definition) is 1. The van der Waals surface area contributed by atoms with Gasteiger partial charge in [0.15, 0.2) is 9.84 Å². The molecule has 0 amide bonds. The minimum Gasteiger partial charge on any atom is -0.497 e. The van der Waals surface area contributed by atoms with Gasteiger partial charge >= 0.3 is 0 Å². The Morgan fingerprint density at radius 2 is 1.83 bits per heavy atom. The first-order valence-electron chi connectivity index (χ1n) is 5.96. The number of hydrogen-bond acceptors (Lipinski definition) is 4. The van der Waals surface area contributed by atoms with Gasteiger partial charge in [-0.25, -0.2) is 8.42 Å². The third kappa shape index (κ3) is 3.71. The summed E-state index contributed by atoms with van der Waals surface area (Å²) in [5.74, 6) is 0.765. The molecule has 5 heteroatoms. The molecule has 0 aliphatic carbocycles. The highest BCUT2D eigenvalue weighted by Gasteiger charge is 2.26. The lowest BCUT2D eigenvalue weighted by molar-refractivity contribution is 0.414. The maximum atomic E-state index is 11.7. The van der Waals surface area contributed by atoms with E-state index in [4.69, 9.17) is 4.74 Å². The molecule has 0 spiro atoms. The van der Waals surface area contributed by atoms with Gasteiger partial charge in [0, 0.05) is 12.3 Å². The molecule has 2 unspecified atom stereocenters. The zero-order valence-corrected chi connectivity index (χ0v) is 12.1. The molecule has 0 aliphatic heterocycles. The van der Waals surface area contributed by atoms with Crippen molar-refractivity contribution in [3.63, 3.8) is 0 Å². The summed E-state index contributed by atoms with van der Waals surface area (Å²) < 4.78 is 28.5. The minimum atomic E-state index is -3.08. The van der Waals surface area contributed by atoms with Gasteiger partial charge in [0.05, 0.1) is 12.4 Å². The highest BCUT2D eigenvalue weighted by atomic mass is 32.2. The molecule has 0 heterocycles. The van der Waals surface area contributed by atoms with Crippen LogP contribution in [0.2, 0.25) is 0 Å². The second kappa shape index (κ2) is 6.20. The number of ether oxygens (including phenoxy) is 1. The van der Waals surface area contributed by atoms with E-state index in [9.17, 15) is 8.42 Å². The van der Waals surface area contributed by atoms with Crippen LogP contribution in [0.1, 0.15) is 25.5 Å². The third-order valence-electron chi connectivity index (χ3n) is 3.04. The smallest absolute Gasteiger partial charge is 0.151 e. The van der Waals surface area contributed by atoms with Gasteiger partial charge in [-0.3, -0.25) is 0 Å². The van der Waals surface area contributed by atoms with Crippen LogP contribution in [0.3, 0.4) is 0 Å².